The van der Waals surface area contributed by atoms with Gasteiger partial charge in [-0.1, -0.05) is 0 Å². The van der Waals surface area contributed by atoms with E-state index in [9.17, 15) is 14.9 Å². The minimum atomic E-state index is -0.465. The first-order valence-electron chi connectivity index (χ1n) is 6.23. The van der Waals surface area contributed by atoms with E-state index in [0.717, 1.165) is 0 Å². The van der Waals surface area contributed by atoms with Gasteiger partial charge in [-0.05, 0) is 26.0 Å². The highest BCUT2D eigenvalue weighted by atomic mass is 16.6. The van der Waals surface area contributed by atoms with Crippen molar-refractivity contribution in [3.63, 3.8) is 0 Å². The molecule has 1 rings (SSSR count). The third-order valence-corrected chi connectivity index (χ3v) is 2.75. The van der Waals surface area contributed by atoms with Crippen LogP contribution in [0.5, 0.6) is 5.75 Å². The zero-order valence-electron chi connectivity index (χ0n) is 11.2. The summed E-state index contributed by atoms with van der Waals surface area (Å²) in [7, 11) is 0. The van der Waals surface area contributed by atoms with Crippen molar-refractivity contribution in [1.82, 2.24) is 4.90 Å². The molecule has 0 atom stereocenters. The number of nitro groups is 1. The smallest absolute Gasteiger partial charge is 0.269 e. The van der Waals surface area contributed by atoms with Crippen LogP contribution in [0.3, 0.4) is 0 Å². The first kappa shape index (κ1) is 14.9. The molecule has 0 saturated heterocycles. The van der Waals surface area contributed by atoms with E-state index in [1.165, 1.54) is 24.3 Å². The number of nitro benzene ring substituents is 1. The van der Waals surface area contributed by atoms with Gasteiger partial charge in [0.05, 0.1) is 18.0 Å². The molecule has 0 aliphatic carbocycles. The molecule has 104 valence electrons. The standard InChI is InChI=1S/C13H18N2O4/c1-3-14(4-2)13(16)9-10-19-12-7-5-11(6-8-12)15(17)18/h5-8H,3-4,9-10H2,1-2H3. The first-order chi connectivity index (χ1) is 9.08. The van der Waals surface area contributed by atoms with Crippen LogP contribution in [0.25, 0.3) is 0 Å². The Morgan fingerprint density at radius 2 is 1.84 bits per heavy atom. The van der Waals surface area contributed by atoms with Crippen LogP contribution in [0.4, 0.5) is 5.69 Å². The zero-order chi connectivity index (χ0) is 14.3. The van der Waals surface area contributed by atoms with Crippen LogP contribution in [-0.4, -0.2) is 35.4 Å². The third-order valence-electron chi connectivity index (χ3n) is 2.75. The van der Waals surface area contributed by atoms with Crippen molar-refractivity contribution in [3.8, 4) is 5.75 Å². The Morgan fingerprint density at radius 1 is 1.26 bits per heavy atom. The van der Waals surface area contributed by atoms with Gasteiger partial charge in [-0.25, -0.2) is 0 Å². The van der Waals surface area contributed by atoms with Crippen molar-refractivity contribution in [3.05, 3.63) is 34.4 Å². The fraction of sp³-hybridized carbons (Fsp3) is 0.462. The maximum absolute atomic E-state index is 11.7. The minimum absolute atomic E-state index is 0.0200. The van der Waals surface area contributed by atoms with Gasteiger partial charge in [0.25, 0.3) is 5.69 Å². The summed E-state index contributed by atoms with van der Waals surface area (Å²) in [5.74, 6) is 0.574. The van der Waals surface area contributed by atoms with Gasteiger partial charge in [0.1, 0.15) is 5.75 Å². The number of carbonyl (C=O) groups excluding carboxylic acids is 1. The van der Waals surface area contributed by atoms with Gasteiger partial charge >= 0.3 is 0 Å². The molecule has 1 aromatic carbocycles. The minimum Gasteiger partial charge on any atom is -0.493 e. The monoisotopic (exact) mass is 266 g/mol. The number of non-ortho nitro benzene ring substituents is 1. The Kier molecular flexibility index (Phi) is 5.78. The lowest BCUT2D eigenvalue weighted by molar-refractivity contribution is -0.384. The predicted molar refractivity (Wildman–Crippen MR) is 71.1 cm³/mol. The van der Waals surface area contributed by atoms with Gasteiger partial charge in [0.15, 0.2) is 0 Å². The van der Waals surface area contributed by atoms with Gasteiger partial charge in [0, 0.05) is 25.2 Å². The van der Waals surface area contributed by atoms with Crippen molar-refractivity contribution in [2.24, 2.45) is 0 Å². The highest BCUT2D eigenvalue weighted by Gasteiger charge is 2.09. The molecule has 0 unspecified atom stereocenters. The average Bonchev–Trinajstić information content (AvgIpc) is 2.40. The summed E-state index contributed by atoms with van der Waals surface area (Å²) in [5, 5.41) is 10.5. The van der Waals surface area contributed by atoms with Crippen LogP contribution in [0.2, 0.25) is 0 Å². The lowest BCUT2D eigenvalue weighted by Gasteiger charge is -2.18. The molecule has 0 N–H and O–H groups in total. The van der Waals surface area contributed by atoms with Crippen molar-refractivity contribution >= 4 is 11.6 Å². The summed E-state index contributed by atoms with van der Waals surface area (Å²) in [6.45, 7) is 5.50. The second kappa shape index (κ2) is 7.35. The van der Waals surface area contributed by atoms with Crippen LogP contribution in [-0.2, 0) is 4.79 Å². The van der Waals surface area contributed by atoms with E-state index in [1.807, 2.05) is 13.8 Å². The SMILES string of the molecule is CCN(CC)C(=O)CCOc1ccc([N+](=O)[O-])cc1. The second-order valence-corrected chi connectivity index (χ2v) is 3.92. The van der Waals surface area contributed by atoms with Crippen LogP contribution < -0.4 is 4.74 Å². The van der Waals surface area contributed by atoms with Crippen molar-refractivity contribution < 1.29 is 14.5 Å². The third kappa shape index (κ3) is 4.57. The van der Waals surface area contributed by atoms with E-state index >= 15 is 0 Å². The molecule has 0 aromatic heterocycles. The molecule has 0 heterocycles. The normalized spacial score (nSPS) is 10.0. The van der Waals surface area contributed by atoms with Gasteiger partial charge < -0.3 is 9.64 Å². The number of nitrogens with zero attached hydrogens (tertiary/aromatic N) is 2. The highest BCUT2D eigenvalue weighted by Crippen LogP contribution is 2.17. The Balaban J connectivity index is 2.41. The van der Waals surface area contributed by atoms with Gasteiger partial charge in [0.2, 0.25) is 5.91 Å². The number of hydrogen-bond donors (Lipinski definition) is 0. The Labute approximate surface area is 112 Å². The van der Waals surface area contributed by atoms with E-state index in [0.29, 0.717) is 25.3 Å². The van der Waals surface area contributed by atoms with E-state index in [2.05, 4.69) is 0 Å². The van der Waals surface area contributed by atoms with E-state index in [1.54, 1.807) is 4.90 Å². The lowest BCUT2D eigenvalue weighted by Crippen LogP contribution is -2.31. The molecule has 0 fully saturated rings. The summed E-state index contributed by atoms with van der Waals surface area (Å²) in [5.41, 5.74) is 0.0200. The molecule has 0 bridgehead atoms. The topological polar surface area (TPSA) is 72.7 Å². The van der Waals surface area contributed by atoms with E-state index in [-0.39, 0.29) is 18.2 Å². The number of amides is 1. The number of hydrogen-bond acceptors (Lipinski definition) is 4. The summed E-state index contributed by atoms with van der Waals surface area (Å²) in [6, 6.07) is 5.81. The zero-order valence-corrected chi connectivity index (χ0v) is 11.2. The molecule has 6 nitrogen and oxygen atoms in total. The lowest BCUT2D eigenvalue weighted by atomic mass is 10.3. The van der Waals surface area contributed by atoms with Crippen molar-refractivity contribution in [1.29, 1.82) is 0 Å². The molecule has 0 aliphatic heterocycles. The maximum Gasteiger partial charge on any atom is 0.269 e. The number of rotatable bonds is 7. The summed E-state index contributed by atoms with van der Waals surface area (Å²) in [6.07, 6.45) is 0.304. The first-order valence-corrected chi connectivity index (χ1v) is 6.23. The second-order valence-electron chi connectivity index (χ2n) is 3.92. The molecule has 0 saturated carbocycles. The van der Waals surface area contributed by atoms with Gasteiger partial charge in [-0.15, -0.1) is 0 Å². The molecule has 1 aromatic rings. The van der Waals surface area contributed by atoms with Crippen LogP contribution in [0.1, 0.15) is 20.3 Å². The van der Waals surface area contributed by atoms with E-state index in [4.69, 9.17) is 4.74 Å². The Bertz CT molecular complexity index is 427. The van der Waals surface area contributed by atoms with Crippen LogP contribution >= 0.6 is 0 Å². The fourth-order valence-corrected chi connectivity index (χ4v) is 1.65. The summed E-state index contributed by atoms with van der Waals surface area (Å²) in [4.78, 5) is 23.4. The quantitative estimate of drug-likeness (QED) is 0.560. The molecular formula is C13H18N2O4. The molecule has 6 heteroatoms. The van der Waals surface area contributed by atoms with Crippen LogP contribution in [0, 0.1) is 10.1 Å². The van der Waals surface area contributed by atoms with Crippen molar-refractivity contribution in [2.45, 2.75) is 20.3 Å². The van der Waals surface area contributed by atoms with Crippen LogP contribution in [0.15, 0.2) is 24.3 Å². The Morgan fingerprint density at radius 3 is 2.32 bits per heavy atom. The highest BCUT2D eigenvalue weighted by molar-refractivity contribution is 5.76. The molecule has 1 amide bonds. The van der Waals surface area contributed by atoms with Crippen molar-refractivity contribution in [2.75, 3.05) is 19.7 Å². The molecular weight excluding hydrogens is 248 g/mol. The molecule has 0 radical (unpaired) electrons. The average molecular weight is 266 g/mol. The van der Waals surface area contributed by atoms with E-state index < -0.39 is 4.92 Å². The maximum atomic E-state index is 11.7. The molecule has 0 aliphatic rings. The molecule has 19 heavy (non-hydrogen) atoms. The van der Waals surface area contributed by atoms with Gasteiger partial charge in [-0.2, -0.15) is 0 Å². The Hall–Kier alpha value is -2.11. The number of carbonyl (C=O) groups is 1. The fourth-order valence-electron chi connectivity index (χ4n) is 1.65. The number of ether oxygens (including phenoxy) is 1. The largest absolute Gasteiger partial charge is 0.493 e. The summed E-state index contributed by atoms with van der Waals surface area (Å²) < 4.78 is 5.38. The summed E-state index contributed by atoms with van der Waals surface area (Å²) >= 11 is 0. The predicted octanol–water partition coefficient (Wildman–Crippen LogP) is 2.23. The van der Waals surface area contributed by atoms with Gasteiger partial charge in [-0.3, -0.25) is 14.9 Å². The molecule has 0 spiro atoms. The number of benzene rings is 1.